The van der Waals surface area contributed by atoms with Crippen molar-refractivity contribution in [1.29, 1.82) is 0 Å². The molecule has 2 amide bonds. The van der Waals surface area contributed by atoms with Crippen molar-refractivity contribution < 1.29 is 14.5 Å². The van der Waals surface area contributed by atoms with Crippen molar-refractivity contribution in [2.24, 2.45) is 5.10 Å². The summed E-state index contributed by atoms with van der Waals surface area (Å²) in [7, 11) is 0. The summed E-state index contributed by atoms with van der Waals surface area (Å²) in [5.41, 5.74) is 1.95. The third kappa shape index (κ3) is 3.65. The Morgan fingerprint density at radius 2 is 1.96 bits per heavy atom. The van der Waals surface area contributed by atoms with Crippen LogP contribution in [0.2, 0.25) is 5.02 Å². The highest BCUT2D eigenvalue weighted by molar-refractivity contribution is 6.35. The number of benzene rings is 2. The molecule has 1 N–H and O–H groups in total. The number of hydrogen-bond acceptors (Lipinski definition) is 5. The van der Waals surface area contributed by atoms with E-state index in [4.69, 9.17) is 11.6 Å². The molecule has 0 fully saturated rings. The first-order chi connectivity index (χ1) is 12.8. The van der Waals surface area contributed by atoms with Crippen LogP contribution >= 0.6 is 11.6 Å². The number of carbonyl (C=O) groups excluding carboxylic acids is 2. The van der Waals surface area contributed by atoms with Crippen molar-refractivity contribution in [1.82, 2.24) is 5.32 Å². The van der Waals surface area contributed by atoms with Gasteiger partial charge >= 0.3 is 0 Å². The molecule has 0 aromatic heterocycles. The van der Waals surface area contributed by atoms with E-state index in [1.807, 2.05) is 26.0 Å². The second-order valence-electron chi connectivity index (χ2n) is 6.05. The Hall–Kier alpha value is -3.26. The van der Waals surface area contributed by atoms with E-state index >= 15 is 0 Å². The normalized spacial score (nSPS) is 13.5. The predicted octanol–water partition coefficient (Wildman–Crippen LogP) is 3.35. The molecule has 9 heteroatoms. The molecular weight excluding hydrogens is 372 g/mol. The van der Waals surface area contributed by atoms with E-state index in [0.29, 0.717) is 10.7 Å². The number of nitrogens with one attached hydrogen (secondary N) is 1. The first-order valence-electron chi connectivity index (χ1n) is 8.00. The largest absolute Gasteiger partial charge is 0.308 e. The van der Waals surface area contributed by atoms with Crippen LogP contribution in [-0.2, 0) is 4.79 Å². The number of hydrogen-bond donors (Lipinski definition) is 1. The first kappa shape index (κ1) is 18.5. The van der Waals surface area contributed by atoms with E-state index in [1.54, 1.807) is 0 Å². The number of amidine groups is 1. The van der Waals surface area contributed by atoms with E-state index in [9.17, 15) is 19.7 Å². The minimum Gasteiger partial charge on any atom is -0.308 e. The van der Waals surface area contributed by atoms with Crippen LogP contribution in [0.1, 0.15) is 27.9 Å². The number of halogens is 1. The summed E-state index contributed by atoms with van der Waals surface area (Å²) in [6.07, 6.45) is -0.107. The minimum atomic E-state index is -0.586. The van der Waals surface area contributed by atoms with Crippen LogP contribution in [0.25, 0.3) is 0 Å². The lowest BCUT2D eigenvalue weighted by molar-refractivity contribution is -0.384. The van der Waals surface area contributed by atoms with Gasteiger partial charge in [-0.2, -0.15) is 10.1 Å². The molecule has 0 aliphatic carbocycles. The van der Waals surface area contributed by atoms with Crippen LogP contribution in [0, 0.1) is 24.0 Å². The molecule has 0 atom stereocenters. The topological polar surface area (TPSA) is 105 Å². The average Bonchev–Trinajstić information content (AvgIpc) is 2.98. The van der Waals surface area contributed by atoms with Crippen LogP contribution in [0.15, 0.2) is 41.5 Å². The van der Waals surface area contributed by atoms with E-state index < -0.39 is 10.8 Å². The molecule has 2 aromatic rings. The Labute approximate surface area is 159 Å². The number of rotatable bonds is 3. The van der Waals surface area contributed by atoms with Crippen molar-refractivity contribution >= 4 is 40.6 Å². The van der Waals surface area contributed by atoms with Gasteiger partial charge in [0.15, 0.2) is 0 Å². The molecule has 1 aliphatic rings. The summed E-state index contributed by atoms with van der Waals surface area (Å²) >= 11 is 6.33. The van der Waals surface area contributed by atoms with E-state index in [0.717, 1.165) is 17.2 Å². The monoisotopic (exact) mass is 386 g/mol. The number of hydrazone groups is 1. The summed E-state index contributed by atoms with van der Waals surface area (Å²) in [6, 6.07) is 8.98. The average molecular weight is 387 g/mol. The zero-order chi connectivity index (χ0) is 19.7. The summed E-state index contributed by atoms with van der Waals surface area (Å²) in [4.78, 5) is 35.0. The van der Waals surface area contributed by atoms with Crippen molar-refractivity contribution in [3.63, 3.8) is 0 Å². The second-order valence-corrected chi connectivity index (χ2v) is 6.43. The number of carbonyl (C=O) groups is 2. The van der Waals surface area contributed by atoms with Crippen molar-refractivity contribution in [2.75, 3.05) is 5.01 Å². The van der Waals surface area contributed by atoms with Crippen molar-refractivity contribution in [2.45, 2.75) is 20.3 Å². The zero-order valence-electron chi connectivity index (χ0n) is 14.5. The summed E-state index contributed by atoms with van der Waals surface area (Å²) < 4.78 is 0. The highest BCUT2D eigenvalue weighted by Gasteiger charge is 2.29. The molecule has 0 radical (unpaired) electrons. The minimum absolute atomic E-state index is 0.0996. The lowest BCUT2D eigenvalue weighted by atomic mass is 10.1. The van der Waals surface area contributed by atoms with Crippen LogP contribution in [0.5, 0.6) is 0 Å². The van der Waals surface area contributed by atoms with Crippen molar-refractivity contribution in [3.8, 4) is 0 Å². The predicted molar refractivity (Wildman–Crippen MR) is 101 cm³/mol. The molecule has 2 aromatic carbocycles. The Morgan fingerprint density at radius 3 is 2.67 bits per heavy atom. The fourth-order valence-corrected chi connectivity index (χ4v) is 2.95. The van der Waals surface area contributed by atoms with Crippen LogP contribution in [-0.4, -0.2) is 22.6 Å². The van der Waals surface area contributed by atoms with Gasteiger partial charge in [0, 0.05) is 17.7 Å². The van der Waals surface area contributed by atoms with Crippen molar-refractivity contribution in [3.05, 3.63) is 68.2 Å². The quantitative estimate of drug-likeness (QED) is 0.645. The molecule has 0 saturated heterocycles. The Morgan fingerprint density at radius 1 is 1.26 bits per heavy atom. The number of non-ortho nitro benzene ring substituents is 1. The fraction of sp³-hybridized carbons (Fsp3) is 0.167. The number of nitrogens with zero attached hydrogens (tertiary/aromatic N) is 3. The fourth-order valence-electron chi connectivity index (χ4n) is 2.66. The number of aryl methyl sites for hydroxylation is 2. The van der Waals surface area contributed by atoms with Gasteiger partial charge in [-0.3, -0.25) is 19.7 Å². The van der Waals surface area contributed by atoms with E-state index in [-0.39, 0.29) is 29.4 Å². The third-order valence-electron chi connectivity index (χ3n) is 4.08. The highest BCUT2D eigenvalue weighted by Crippen LogP contribution is 2.34. The molecule has 27 heavy (non-hydrogen) atoms. The van der Waals surface area contributed by atoms with Gasteiger partial charge in [0.25, 0.3) is 17.5 Å². The molecule has 1 aliphatic heterocycles. The van der Waals surface area contributed by atoms with E-state index in [1.165, 1.54) is 23.2 Å². The molecule has 0 spiro atoms. The summed E-state index contributed by atoms with van der Waals surface area (Å²) in [6.45, 7) is 3.63. The Kier molecular flexibility index (Phi) is 4.91. The standard InChI is InChI=1S/C18H15ClN4O4/c1-10-6-7-11(2)17(16(10)19)22-15(24)9-14(21-22)20-18(25)12-4-3-5-13(8-12)23(26)27/h3-8H,9H2,1-2H3,(H,20,21,25). The Balaban J connectivity index is 1.85. The smallest absolute Gasteiger partial charge is 0.270 e. The number of anilines is 1. The van der Waals surface area contributed by atoms with Crippen LogP contribution < -0.4 is 10.3 Å². The van der Waals surface area contributed by atoms with Gasteiger partial charge in [-0.1, -0.05) is 29.8 Å². The van der Waals surface area contributed by atoms with Gasteiger partial charge in [-0.25, -0.2) is 0 Å². The van der Waals surface area contributed by atoms with Crippen LogP contribution in [0.3, 0.4) is 0 Å². The molecular formula is C18H15ClN4O4. The van der Waals surface area contributed by atoms with Gasteiger partial charge < -0.3 is 5.32 Å². The number of nitro groups is 1. The maximum Gasteiger partial charge on any atom is 0.270 e. The molecule has 3 rings (SSSR count). The molecule has 138 valence electrons. The highest BCUT2D eigenvalue weighted by atomic mass is 35.5. The van der Waals surface area contributed by atoms with Gasteiger partial charge in [0.2, 0.25) is 0 Å². The maximum absolute atomic E-state index is 12.4. The van der Waals surface area contributed by atoms with Gasteiger partial charge in [-0.05, 0) is 31.0 Å². The first-order valence-corrected chi connectivity index (χ1v) is 8.37. The SMILES string of the molecule is Cc1ccc(C)c(N2N=C(NC(=O)c3cccc([N+](=O)[O-])c3)CC2=O)c1Cl. The maximum atomic E-state index is 12.4. The summed E-state index contributed by atoms with van der Waals surface area (Å²) in [5, 5.41) is 19.1. The summed E-state index contributed by atoms with van der Waals surface area (Å²) in [5.74, 6) is -0.771. The molecule has 8 nitrogen and oxygen atoms in total. The molecule has 1 heterocycles. The molecule has 0 bridgehead atoms. The third-order valence-corrected chi connectivity index (χ3v) is 4.55. The number of amides is 2. The zero-order valence-corrected chi connectivity index (χ0v) is 15.3. The number of nitro benzene ring substituents is 1. The lowest BCUT2D eigenvalue weighted by Gasteiger charge is -2.17. The second kappa shape index (κ2) is 7.16. The Bertz CT molecular complexity index is 1000. The molecule has 0 unspecified atom stereocenters. The van der Waals surface area contributed by atoms with Gasteiger partial charge in [-0.15, -0.1) is 0 Å². The van der Waals surface area contributed by atoms with Gasteiger partial charge in [0.05, 0.1) is 22.1 Å². The lowest BCUT2D eigenvalue weighted by Crippen LogP contribution is -2.29. The molecule has 0 saturated carbocycles. The van der Waals surface area contributed by atoms with Crippen LogP contribution in [0.4, 0.5) is 11.4 Å². The van der Waals surface area contributed by atoms with E-state index in [2.05, 4.69) is 10.4 Å². The van der Waals surface area contributed by atoms with Gasteiger partial charge in [0.1, 0.15) is 5.84 Å².